The van der Waals surface area contributed by atoms with E-state index in [0.29, 0.717) is 17.2 Å². The van der Waals surface area contributed by atoms with E-state index in [1.807, 2.05) is 0 Å². The third-order valence-corrected chi connectivity index (χ3v) is 5.56. The van der Waals surface area contributed by atoms with Crippen LogP contribution in [-0.4, -0.2) is 11.8 Å². The van der Waals surface area contributed by atoms with Gasteiger partial charge in [0.05, 0.1) is 0 Å². The first kappa shape index (κ1) is 14.0. The van der Waals surface area contributed by atoms with Crippen molar-refractivity contribution in [2.75, 3.05) is 6.54 Å². The Morgan fingerprint density at radius 1 is 1.22 bits per heavy atom. The van der Waals surface area contributed by atoms with Crippen molar-refractivity contribution >= 4 is 11.8 Å². The molecule has 0 fully saturated rings. The smallest absolute Gasteiger partial charge is 0.0367 e. The molecule has 2 rings (SSSR count). The molecule has 1 aromatic rings. The van der Waals surface area contributed by atoms with E-state index in [1.165, 1.54) is 28.0 Å². The zero-order valence-electron chi connectivity index (χ0n) is 12.2. The summed E-state index contributed by atoms with van der Waals surface area (Å²) >= 11 is 2.05. The first-order valence-electron chi connectivity index (χ1n) is 7.05. The van der Waals surface area contributed by atoms with Crippen LogP contribution in [0.3, 0.4) is 0 Å². The number of nitrogens with one attached hydrogen (secondary N) is 1. The highest BCUT2D eigenvalue weighted by Crippen LogP contribution is 2.45. The van der Waals surface area contributed by atoms with Gasteiger partial charge in [-0.2, -0.15) is 0 Å². The molecule has 0 aromatic heterocycles. The van der Waals surface area contributed by atoms with Gasteiger partial charge in [-0.05, 0) is 43.9 Å². The largest absolute Gasteiger partial charge is 0.310 e. The summed E-state index contributed by atoms with van der Waals surface area (Å²) in [5.74, 6) is 0.690. The summed E-state index contributed by atoms with van der Waals surface area (Å²) in [5.41, 5.74) is 4.35. The van der Waals surface area contributed by atoms with Crippen molar-refractivity contribution in [3.63, 3.8) is 0 Å². The van der Waals surface area contributed by atoms with Crippen LogP contribution in [0, 0.1) is 19.8 Å². The minimum atomic E-state index is 0.523. The first-order valence-corrected chi connectivity index (χ1v) is 7.93. The molecule has 1 aliphatic rings. The second kappa shape index (κ2) is 5.66. The highest BCUT2D eigenvalue weighted by molar-refractivity contribution is 8.00. The second-order valence-corrected chi connectivity index (χ2v) is 7.00. The summed E-state index contributed by atoms with van der Waals surface area (Å²) in [6, 6.07) is 5.21. The standard InChI is InChI=1S/C16H25NS/c1-6-7-17-15-12(4)13(5)18-16-11(3)8-10(2)9-14(15)16/h8-9,12-13,15,17H,6-7H2,1-5H3. The number of fused-ring (bicyclic) bond motifs is 1. The molecule has 1 heterocycles. The fourth-order valence-corrected chi connectivity index (χ4v) is 4.13. The van der Waals surface area contributed by atoms with Crippen LogP contribution in [0.5, 0.6) is 0 Å². The Labute approximate surface area is 116 Å². The molecule has 3 unspecified atom stereocenters. The maximum Gasteiger partial charge on any atom is 0.0367 e. The van der Waals surface area contributed by atoms with E-state index in [-0.39, 0.29) is 0 Å². The number of hydrogen-bond acceptors (Lipinski definition) is 2. The lowest BCUT2D eigenvalue weighted by Crippen LogP contribution is -2.35. The van der Waals surface area contributed by atoms with E-state index in [4.69, 9.17) is 0 Å². The molecule has 0 spiro atoms. The fraction of sp³-hybridized carbons (Fsp3) is 0.625. The van der Waals surface area contributed by atoms with Gasteiger partial charge in [0.15, 0.2) is 0 Å². The Bertz CT molecular complexity index is 427. The minimum absolute atomic E-state index is 0.523. The molecule has 2 heteroatoms. The van der Waals surface area contributed by atoms with Crippen LogP contribution in [0.4, 0.5) is 0 Å². The molecule has 0 amide bonds. The molecular formula is C16H25NS. The number of aryl methyl sites for hydroxylation is 2. The summed E-state index contributed by atoms with van der Waals surface area (Å²) in [6.07, 6.45) is 1.20. The second-order valence-electron chi connectivity index (χ2n) is 5.61. The van der Waals surface area contributed by atoms with Crippen LogP contribution < -0.4 is 5.32 Å². The minimum Gasteiger partial charge on any atom is -0.310 e. The van der Waals surface area contributed by atoms with Crippen LogP contribution in [0.15, 0.2) is 17.0 Å². The highest BCUT2D eigenvalue weighted by atomic mass is 32.2. The Morgan fingerprint density at radius 2 is 1.94 bits per heavy atom. The van der Waals surface area contributed by atoms with Gasteiger partial charge in [0.2, 0.25) is 0 Å². The van der Waals surface area contributed by atoms with Crippen LogP contribution in [0.25, 0.3) is 0 Å². The van der Waals surface area contributed by atoms with Crippen molar-refractivity contribution in [2.45, 2.75) is 57.2 Å². The van der Waals surface area contributed by atoms with Crippen molar-refractivity contribution in [2.24, 2.45) is 5.92 Å². The molecule has 0 aliphatic carbocycles. The number of rotatable bonds is 3. The molecular weight excluding hydrogens is 238 g/mol. The van der Waals surface area contributed by atoms with Crippen LogP contribution in [0.1, 0.15) is 49.9 Å². The average Bonchev–Trinajstić information content (AvgIpc) is 2.31. The zero-order chi connectivity index (χ0) is 13.3. The lowest BCUT2D eigenvalue weighted by Gasteiger charge is -2.37. The van der Waals surface area contributed by atoms with Gasteiger partial charge in [0.1, 0.15) is 0 Å². The highest BCUT2D eigenvalue weighted by Gasteiger charge is 2.32. The number of thioether (sulfide) groups is 1. The molecule has 100 valence electrons. The maximum atomic E-state index is 3.75. The van der Waals surface area contributed by atoms with E-state index in [9.17, 15) is 0 Å². The molecule has 0 radical (unpaired) electrons. The zero-order valence-corrected chi connectivity index (χ0v) is 13.0. The normalized spacial score (nSPS) is 27.1. The lowest BCUT2D eigenvalue weighted by molar-refractivity contribution is 0.372. The third kappa shape index (κ3) is 2.60. The van der Waals surface area contributed by atoms with Gasteiger partial charge >= 0.3 is 0 Å². The Balaban J connectivity index is 2.41. The van der Waals surface area contributed by atoms with E-state index in [0.717, 1.165) is 6.54 Å². The first-order chi connectivity index (χ1) is 8.54. The summed E-state index contributed by atoms with van der Waals surface area (Å²) in [5, 5.41) is 4.44. The quantitative estimate of drug-likeness (QED) is 0.863. The fourth-order valence-electron chi connectivity index (χ4n) is 2.82. The van der Waals surface area contributed by atoms with Crippen LogP contribution in [0.2, 0.25) is 0 Å². The summed E-state index contributed by atoms with van der Waals surface area (Å²) in [7, 11) is 0. The average molecular weight is 263 g/mol. The van der Waals surface area contributed by atoms with Crippen molar-refractivity contribution < 1.29 is 0 Å². The Morgan fingerprint density at radius 3 is 2.61 bits per heavy atom. The van der Waals surface area contributed by atoms with Gasteiger partial charge in [-0.1, -0.05) is 38.5 Å². The van der Waals surface area contributed by atoms with Gasteiger partial charge in [-0.25, -0.2) is 0 Å². The van der Waals surface area contributed by atoms with Crippen molar-refractivity contribution in [3.8, 4) is 0 Å². The van der Waals surface area contributed by atoms with Crippen molar-refractivity contribution in [3.05, 3.63) is 28.8 Å². The van der Waals surface area contributed by atoms with E-state index in [1.54, 1.807) is 0 Å². The van der Waals surface area contributed by atoms with Crippen LogP contribution in [-0.2, 0) is 0 Å². The molecule has 1 N–H and O–H groups in total. The van der Waals surface area contributed by atoms with E-state index < -0.39 is 0 Å². The Kier molecular flexibility index (Phi) is 4.39. The van der Waals surface area contributed by atoms with Crippen LogP contribution >= 0.6 is 11.8 Å². The topological polar surface area (TPSA) is 12.0 Å². The molecule has 18 heavy (non-hydrogen) atoms. The van der Waals surface area contributed by atoms with E-state index >= 15 is 0 Å². The summed E-state index contributed by atoms with van der Waals surface area (Å²) in [4.78, 5) is 1.51. The van der Waals surface area contributed by atoms with Crippen molar-refractivity contribution in [1.29, 1.82) is 0 Å². The number of benzene rings is 1. The monoisotopic (exact) mass is 263 g/mol. The predicted molar refractivity (Wildman–Crippen MR) is 81.4 cm³/mol. The summed E-state index contributed by atoms with van der Waals surface area (Å²) in [6.45, 7) is 12.5. The SMILES string of the molecule is CCCNC1c2cc(C)cc(C)c2SC(C)C1C. The van der Waals surface area contributed by atoms with E-state index in [2.05, 4.69) is 63.8 Å². The molecule has 1 aromatic carbocycles. The summed E-state index contributed by atoms with van der Waals surface area (Å²) < 4.78 is 0. The molecule has 0 saturated heterocycles. The maximum absolute atomic E-state index is 3.75. The molecule has 3 atom stereocenters. The van der Waals surface area contributed by atoms with Gasteiger partial charge in [0.25, 0.3) is 0 Å². The van der Waals surface area contributed by atoms with Gasteiger partial charge in [-0.3, -0.25) is 0 Å². The van der Waals surface area contributed by atoms with Gasteiger partial charge in [0, 0.05) is 16.2 Å². The molecule has 0 bridgehead atoms. The Hall–Kier alpha value is -0.470. The van der Waals surface area contributed by atoms with Crippen molar-refractivity contribution in [1.82, 2.24) is 5.32 Å². The predicted octanol–water partition coefficient (Wildman–Crippen LogP) is 4.47. The van der Waals surface area contributed by atoms with Gasteiger partial charge < -0.3 is 5.32 Å². The lowest BCUT2D eigenvalue weighted by atomic mass is 9.89. The third-order valence-electron chi connectivity index (χ3n) is 3.97. The molecule has 0 saturated carbocycles. The molecule has 1 nitrogen and oxygen atoms in total. The van der Waals surface area contributed by atoms with Gasteiger partial charge in [-0.15, -0.1) is 11.8 Å². The molecule has 1 aliphatic heterocycles. The number of hydrogen-bond donors (Lipinski definition) is 1.